The number of nitrogens with zero attached hydrogens (tertiary/aromatic N) is 1. The van der Waals surface area contributed by atoms with Gasteiger partial charge in [-0.05, 0) is 19.1 Å². The van der Waals surface area contributed by atoms with Crippen molar-refractivity contribution in [2.45, 2.75) is 6.92 Å². The first-order valence-corrected chi connectivity index (χ1v) is 5.52. The highest BCUT2D eigenvalue weighted by Crippen LogP contribution is 2.17. The Labute approximate surface area is 87.3 Å². The molecule has 1 amide bonds. The molecule has 0 bridgehead atoms. The summed E-state index contributed by atoms with van der Waals surface area (Å²) in [5.74, 6) is 0.145. The first-order chi connectivity index (χ1) is 6.77. The number of hydrogen-bond donors (Lipinski definition) is 0. The van der Waals surface area contributed by atoms with E-state index in [2.05, 4.69) is 0 Å². The van der Waals surface area contributed by atoms with E-state index < -0.39 is 0 Å². The minimum atomic E-state index is 0.145. The van der Waals surface area contributed by atoms with Crippen LogP contribution in [0.25, 0.3) is 0 Å². The Morgan fingerprint density at radius 2 is 2.14 bits per heavy atom. The molecule has 1 fully saturated rings. The van der Waals surface area contributed by atoms with Gasteiger partial charge in [-0.15, -0.1) is 11.3 Å². The van der Waals surface area contributed by atoms with Crippen molar-refractivity contribution in [1.29, 1.82) is 0 Å². The predicted molar refractivity (Wildman–Crippen MR) is 55.8 cm³/mol. The Morgan fingerprint density at radius 1 is 1.43 bits per heavy atom. The minimum Gasteiger partial charge on any atom is -0.378 e. The lowest BCUT2D eigenvalue weighted by Gasteiger charge is -2.26. The molecular weight excluding hydrogens is 198 g/mol. The monoisotopic (exact) mass is 211 g/mol. The Balaban J connectivity index is 2.07. The van der Waals surface area contributed by atoms with E-state index in [0.29, 0.717) is 13.2 Å². The number of rotatable bonds is 1. The van der Waals surface area contributed by atoms with Gasteiger partial charge in [0.15, 0.2) is 0 Å². The molecule has 1 saturated heterocycles. The average molecular weight is 211 g/mol. The van der Waals surface area contributed by atoms with Crippen LogP contribution in [-0.2, 0) is 4.74 Å². The van der Waals surface area contributed by atoms with Crippen molar-refractivity contribution in [3.8, 4) is 0 Å². The third-order valence-electron chi connectivity index (χ3n) is 2.25. The van der Waals surface area contributed by atoms with E-state index in [9.17, 15) is 4.79 Å². The molecule has 1 aliphatic rings. The molecule has 0 radical (unpaired) electrons. The molecule has 3 nitrogen and oxygen atoms in total. The lowest BCUT2D eigenvalue weighted by atomic mass is 10.3. The number of morpholine rings is 1. The molecule has 14 heavy (non-hydrogen) atoms. The number of thiophene rings is 1. The van der Waals surface area contributed by atoms with E-state index in [1.807, 2.05) is 24.0 Å². The fourth-order valence-electron chi connectivity index (χ4n) is 1.47. The first kappa shape index (κ1) is 9.68. The number of amides is 1. The van der Waals surface area contributed by atoms with E-state index in [1.54, 1.807) is 11.3 Å². The van der Waals surface area contributed by atoms with Crippen molar-refractivity contribution in [2.75, 3.05) is 26.3 Å². The second-order valence-corrected chi connectivity index (χ2v) is 4.60. The molecule has 0 atom stereocenters. The normalized spacial score (nSPS) is 17.1. The van der Waals surface area contributed by atoms with Crippen molar-refractivity contribution in [3.63, 3.8) is 0 Å². The van der Waals surface area contributed by atoms with Crippen molar-refractivity contribution in [1.82, 2.24) is 4.90 Å². The standard InChI is InChI=1S/C10H13NO2S/c1-8-2-3-9(14-8)10(12)11-4-6-13-7-5-11/h2-3H,4-7H2,1H3. The first-order valence-electron chi connectivity index (χ1n) is 4.71. The van der Waals surface area contributed by atoms with Crippen LogP contribution in [0.4, 0.5) is 0 Å². The molecule has 2 rings (SSSR count). The number of hydrogen-bond acceptors (Lipinski definition) is 3. The fourth-order valence-corrected chi connectivity index (χ4v) is 2.31. The number of carbonyl (C=O) groups excluding carboxylic acids is 1. The zero-order valence-electron chi connectivity index (χ0n) is 8.16. The number of aryl methyl sites for hydroxylation is 1. The fraction of sp³-hybridized carbons (Fsp3) is 0.500. The van der Waals surface area contributed by atoms with Crippen molar-refractivity contribution in [2.24, 2.45) is 0 Å². The summed E-state index contributed by atoms with van der Waals surface area (Å²) in [6, 6.07) is 3.89. The molecule has 0 spiro atoms. The van der Waals surface area contributed by atoms with Crippen molar-refractivity contribution in [3.05, 3.63) is 21.9 Å². The molecule has 2 heterocycles. The highest BCUT2D eigenvalue weighted by Gasteiger charge is 2.19. The van der Waals surface area contributed by atoms with Crippen LogP contribution in [0.15, 0.2) is 12.1 Å². The summed E-state index contributed by atoms with van der Waals surface area (Å²) in [6.45, 7) is 4.78. The molecule has 0 saturated carbocycles. The Morgan fingerprint density at radius 3 is 2.71 bits per heavy atom. The van der Waals surface area contributed by atoms with Crippen LogP contribution in [0.5, 0.6) is 0 Å². The molecule has 0 aromatic carbocycles. The lowest BCUT2D eigenvalue weighted by molar-refractivity contribution is 0.0306. The van der Waals surface area contributed by atoms with Crippen molar-refractivity contribution < 1.29 is 9.53 Å². The number of ether oxygens (including phenoxy) is 1. The van der Waals surface area contributed by atoms with Gasteiger partial charge in [-0.25, -0.2) is 0 Å². The van der Waals surface area contributed by atoms with Gasteiger partial charge >= 0.3 is 0 Å². The second kappa shape index (κ2) is 4.11. The summed E-state index contributed by atoms with van der Waals surface area (Å²) >= 11 is 1.56. The smallest absolute Gasteiger partial charge is 0.264 e. The summed E-state index contributed by atoms with van der Waals surface area (Å²) in [7, 11) is 0. The number of carbonyl (C=O) groups is 1. The SMILES string of the molecule is Cc1ccc(C(=O)N2CCOCC2)s1. The molecule has 0 unspecified atom stereocenters. The highest BCUT2D eigenvalue weighted by atomic mass is 32.1. The molecule has 76 valence electrons. The third-order valence-corrected chi connectivity index (χ3v) is 3.24. The quantitative estimate of drug-likeness (QED) is 0.705. The summed E-state index contributed by atoms with van der Waals surface area (Å²) in [5.41, 5.74) is 0. The van der Waals surface area contributed by atoms with Gasteiger partial charge in [-0.2, -0.15) is 0 Å². The van der Waals surface area contributed by atoms with E-state index in [1.165, 1.54) is 4.88 Å². The van der Waals surface area contributed by atoms with Crippen LogP contribution in [-0.4, -0.2) is 37.1 Å². The lowest BCUT2D eigenvalue weighted by Crippen LogP contribution is -2.40. The van der Waals surface area contributed by atoms with Crippen LogP contribution in [0.2, 0.25) is 0 Å². The highest BCUT2D eigenvalue weighted by molar-refractivity contribution is 7.13. The third kappa shape index (κ3) is 1.96. The Hall–Kier alpha value is -0.870. The van der Waals surface area contributed by atoms with Crippen LogP contribution in [0.1, 0.15) is 14.5 Å². The molecule has 4 heteroatoms. The maximum absolute atomic E-state index is 11.9. The van der Waals surface area contributed by atoms with Crippen molar-refractivity contribution >= 4 is 17.2 Å². The Bertz CT molecular complexity index is 329. The Kier molecular flexibility index (Phi) is 2.84. The molecular formula is C10H13NO2S. The van der Waals surface area contributed by atoms with Gasteiger partial charge in [0.25, 0.3) is 5.91 Å². The van der Waals surface area contributed by atoms with E-state index in [0.717, 1.165) is 18.0 Å². The molecule has 0 aliphatic carbocycles. The minimum absolute atomic E-state index is 0.145. The van der Waals surface area contributed by atoms with Crippen LogP contribution < -0.4 is 0 Å². The van der Waals surface area contributed by atoms with Gasteiger partial charge in [-0.1, -0.05) is 0 Å². The van der Waals surface area contributed by atoms with Crippen LogP contribution in [0, 0.1) is 6.92 Å². The summed E-state index contributed by atoms with van der Waals surface area (Å²) in [6.07, 6.45) is 0. The summed E-state index contributed by atoms with van der Waals surface area (Å²) < 4.78 is 5.20. The van der Waals surface area contributed by atoms with Gasteiger partial charge in [0, 0.05) is 18.0 Å². The van der Waals surface area contributed by atoms with Crippen LogP contribution >= 0.6 is 11.3 Å². The largest absolute Gasteiger partial charge is 0.378 e. The van der Waals surface area contributed by atoms with Gasteiger partial charge < -0.3 is 9.64 Å². The average Bonchev–Trinajstić information content (AvgIpc) is 2.65. The van der Waals surface area contributed by atoms with Crippen LogP contribution in [0.3, 0.4) is 0 Å². The second-order valence-electron chi connectivity index (χ2n) is 3.31. The van der Waals surface area contributed by atoms with Gasteiger partial charge in [-0.3, -0.25) is 4.79 Å². The molecule has 1 aliphatic heterocycles. The topological polar surface area (TPSA) is 29.5 Å². The molecule has 1 aromatic rings. The maximum Gasteiger partial charge on any atom is 0.264 e. The van der Waals surface area contributed by atoms with E-state index in [4.69, 9.17) is 4.74 Å². The van der Waals surface area contributed by atoms with E-state index >= 15 is 0 Å². The predicted octanol–water partition coefficient (Wildman–Crippen LogP) is 1.53. The van der Waals surface area contributed by atoms with E-state index in [-0.39, 0.29) is 5.91 Å². The molecule has 0 N–H and O–H groups in total. The zero-order valence-corrected chi connectivity index (χ0v) is 8.97. The van der Waals surface area contributed by atoms with Gasteiger partial charge in [0.1, 0.15) is 0 Å². The maximum atomic E-state index is 11.9. The van der Waals surface area contributed by atoms with Gasteiger partial charge in [0.05, 0.1) is 18.1 Å². The summed E-state index contributed by atoms with van der Waals surface area (Å²) in [4.78, 5) is 15.8. The summed E-state index contributed by atoms with van der Waals surface area (Å²) in [5, 5.41) is 0. The zero-order chi connectivity index (χ0) is 9.97. The molecule has 1 aromatic heterocycles. The van der Waals surface area contributed by atoms with Gasteiger partial charge in [0.2, 0.25) is 0 Å².